The molecule has 0 radical (unpaired) electrons. The Labute approximate surface area is 99.6 Å². The molecular formula is C13H26N2O. The first-order chi connectivity index (χ1) is 7.52. The van der Waals surface area contributed by atoms with E-state index in [0.29, 0.717) is 18.5 Å². The molecule has 1 rings (SSSR count). The van der Waals surface area contributed by atoms with Crippen LogP contribution in [0, 0.1) is 5.92 Å². The maximum absolute atomic E-state index is 11.8. The molecule has 0 aliphatic heterocycles. The highest BCUT2D eigenvalue weighted by atomic mass is 16.2. The average molecular weight is 226 g/mol. The summed E-state index contributed by atoms with van der Waals surface area (Å²) < 4.78 is 0. The Bertz CT molecular complexity index is 228. The molecule has 1 aliphatic carbocycles. The van der Waals surface area contributed by atoms with Crippen LogP contribution in [-0.4, -0.2) is 36.5 Å². The Kier molecular flexibility index (Phi) is 5.26. The summed E-state index contributed by atoms with van der Waals surface area (Å²) in [5.74, 6) is 0.915. The van der Waals surface area contributed by atoms with Crippen molar-refractivity contribution in [2.45, 2.75) is 58.5 Å². The quantitative estimate of drug-likeness (QED) is 0.795. The Morgan fingerprint density at radius 3 is 2.56 bits per heavy atom. The van der Waals surface area contributed by atoms with Crippen LogP contribution >= 0.6 is 0 Å². The molecule has 1 fully saturated rings. The molecule has 0 saturated heterocycles. The SMILES string of the molecule is CC1CCCCC1NCC(=O)N(C)C(C)C. The Morgan fingerprint density at radius 1 is 1.38 bits per heavy atom. The van der Waals surface area contributed by atoms with Gasteiger partial charge in [0.25, 0.3) is 0 Å². The molecule has 94 valence electrons. The fourth-order valence-corrected chi connectivity index (χ4v) is 2.25. The number of carbonyl (C=O) groups excluding carboxylic acids is 1. The van der Waals surface area contributed by atoms with E-state index < -0.39 is 0 Å². The van der Waals surface area contributed by atoms with Gasteiger partial charge in [0.1, 0.15) is 0 Å². The molecule has 3 nitrogen and oxygen atoms in total. The van der Waals surface area contributed by atoms with Gasteiger partial charge in [0.05, 0.1) is 6.54 Å². The van der Waals surface area contributed by atoms with Crippen molar-refractivity contribution in [2.75, 3.05) is 13.6 Å². The predicted octanol–water partition coefficient (Wildman–Crippen LogP) is 2.02. The number of hydrogen-bond acceptors (Lipinski definition) is 2. The van der Waals surface area contributed by atoms with E-state index >= 15 is 0 Å². The molecular weight excluding hydrogens is 200 g/mol. The molecule has 16 heavy (non-hydrogen) atoms. The number of nitrogens with one attached hydrogen (secondary N) is 1. The summed E-state index contributed by atoms with van der Waals surface area (Å²) in [6, 6.07) is 0.830. The second-order valence-corrected chi connectivity index (χ2v) is 5.35. The minimum atomic E-state index is 0.202. The van der Waals surface area contributed by atoms with Crippen molar-refractivity contribution in [1.82, 2.24) is 10.2 Å². The Morgan fingerprint density at radius 2 is 2.00 bits per heavy atom. The molecule has 0 heterocycles. The molecule has 3 heteroatoms. The third-order valence-corrected chi connectivity index (χ3v) is 3.79. The summed E-state index contributed by atoms with van der Waals surface area (Å²) in [4.78, 5) is 13.6. The number of amides is 1. The summed E-state index contributed by atoms with van der Waals surface area (Å²) in [7, 11) is 1.87. The van der Waals surface area contributed by atoms with Gasteiger partial charge in [-0.15, -0.1) is 0 Å². The van der Waals surface area contributed by atoms with Crippen molar-refractivity contribution in [3.8, 4) is 0 Å². The number of rotatable bonds is 4. The fourth-order valence-electron chi connectivity index (χ4n) is 2.25. The van der Waals surface area contributed by atoms with Crippen molar-refractivity contribution in [3.05, 3.63) is 0 Å². The van der Waals surface area contributed by atoms with E-state index in [0.717, 1.165) is 0 Å². The van der Waals surface area contributed by atoms with Crippen LogP contribution < -0.4 is 5.32 Å². The standard InChI is InChI=1S/C13H26N2O/c1-10(2)15(4)13(16)9-14-12-8-6-5-7-11(12)3/h10-12,14H,5-9H2,1-4H3. The van der Waals surface area contributed by atoms with Crippen LogP contribution in [0.15, 0.2) is 0 Å². The average Bonchev–Trinajstić information content (AvgIpc) is 2.26. The van der Waals surface area contributed by atoms with Crippen molar-refractivity contribution in [1.29, 1.82) is 0 Å². The first-order valence-corrected chi connectivity index (χ1v) is 6.51. The van der Waals surface area contributed by atoms with Gasteiger partial charge in [0.15, 0.2) is 0 Å². The van der Waals surface area contributed by atoms with Crippen LogP contribution in [0.4, 0.5) is 0 Å². The zero-order valence-corrected chi connectivity index (χ0v) is 11.1. The van der Waals surface area contributed by atoms with Gasteiger partial charge < -0.3 is 10.2 Å². The molecule has 1 aliphatic rings. The number of hydrogen-bond donors (Lipinski definition) is 1. The molecule has 0 aromatic heterocycles. The molecule has 2 atom stereocenters. The molecule has 1 saturated carbocycles. The zero-order chi connectivity index (χ0) is 12.1. The molecule has 0 aromatic carbocycles. The minimum Gasteiger partial charge on any atom is -0.342 e. The first kappa shape index (κ1) is 13.5. The molecule has 2 unspecified atom stereocenters. The molecule has 0 spiro atoms. The summed E-state index contributed by atoms with van der Waals surface area (Å²) in [5.41, 5.74) is 0. The van der Waals surface area contributed by atoms with Crippen molar-refractivity contribution in [2.24, 2.45) is 5.92 Å². The lowest BCUT2D eigenvalue weighted by molar-refractivity contribution is -0.130. The maximum atomic E-state index is 11.8. The number of nitrogens with zero attached hydrogens (tertiary/aromatic N) is 1. The smallest absolute Gasteiger partial charge is 0.236 e. The van der Waals surface area contributed by atoms with Crippen molar-refractivity contribution in [3.63, 3.8) is 0 Å². The molecule has 1 N–H and O–H groups in total. The van der Waals surface area contributed by atoms with E-state index in [1.807, 2.05) is 20.9 Å². The monoisotopic (exact) mass is 226 g/mol. The van der Waals surface area contributed by atoms with Gasteiger partial charge in [-0.2, -0.15) is 0 Å². The highest BCUT2D eigenvalue weighted by Gasteiger charge is 2.22. The van der Waals surface area contributed by atoms with Gasteiger partial charge in [-0.3, -0.25) is 4.79 Å². The third kappa shape index (κ3) is 3.78. The van der Waals surface area contributed by atoms with Crippen LogP contribution in [0.5, 0.6) is 0 Å². The first-order valence-electron chi connectivity index (χ1n) is 6.51. The van der Waals surface area contributed by atoms with E-state index in [4.69, 9.17) is 0 Å². The van der Waals surface area contributed by atoms with Crippen LogP contribution in [0.3, 0.4) is 0 Å². The lowest BCUT2D eigenvalue weighted by Gasteiger charge is -2.30. The van der Waals surface area contributed by atoms with Gasteiger partial charge in [-0.05, 0) is 32.6 Å². The largest absolute Gasteiger partial charge is 0.342 e. The van der Waals surface area contributed by atoms with E-state index in [2.05, 4.69) is 12.2 Å². The van der Waals surface area contributed by atoms with Gasteiger partial charge in [0, 0.05) is 19.1 Å². The molecule has 0 aromatic rings. The van der Waals surface area contributed by atoms with E-state index in [9.17, 15) is 4.79 Å². The van der Waals surface area contributed by atoms with Gasteiger partial charge in [-0.1, -0.05) is 19.8 Å². The molecule has 0 bridgehead atoms. The zero-order valence-electron chi connectivity index (χ0n) is 11.1. The normalized spacial score (nSPS) is 25.8. The van der Waals surface area contributed by atoms with Gasteiger partial charge in [-0.25, -0.2) is 0 Å². The number of carbonyl (C=O) groups is 1. The Balaban J connectivity index is 2.30. The van der Waals surface area contributed by atoms with E-state index in [-0.39, 0.29) is 11.9 Å². The van der Waals surface area contributed by atoms with Crippen LogP contribution in [0.25, 0.3) is 0 Å². The van der Waals surface area contributed by atoms with Gasteiger partial charge in [0.2, 0.25) is 5.91 Å². The lowest BCUT2D eigenvalue weighted by atomic mass is 9.86. The van der Waals surface area contributed by atoms with Crippen molar-refractivity contribution >= 4 is 5.91 Å². The third-order valence-electron chi connectivity index (χ3n) is 3.79. The highest BCUT2D eigenvalue weighted by Crippen LogP contribution is 2.23. The highest BCUT2D eigenvalue weighted by molar-refractivity contribution is 5.78. The van der Waals surface area contributed by atoms with Gasteiger partial charge >= 0.3 is 0 Å². The molecule has 1 amide bonds. The summed E-state index contributed by atoms with van der Waals surface area (Å²) in [6.07, 6.45) is 5.17. The maximum Gasteiger partial charge on any atom is 0.236 e. The second kappa shape index (κ2) is 6.24. The summed E-state index contributed by atoms with van der Waals surface area (Å²) in [6.45, 7) is 6.86. The van der Waals surface area contributed by atoms with E-state index in [1.54, 1.807) is 4.90 Å². The van der Waals surface area contributed by atoms with E-state index in [1.165, 1.54) is 25.7 Å². The topological polar surface area (TPSA) is 32.3 Å². The number of likely N-dealkylation sites (N-methyl/N-ethyl adjacent to an activating group) is 1. The summed E-state index contributed by atoms with van der Waals surface area (Å²) in [5, 5.41) is 3.42. The fraction of sp³-hybridized carbons (Fsp3) is 0.923. The predicted molar refractivity (Wildman–Crippen MR) is 67.3 cm³/mol. The summed E-state index contributed by atoms with van der Waals surface area (Å²) >= 11 is 0. The second-order valence-electron chi connectivity index (χ2n) is 5.35. The van der Waals surface area contributed by atoms with Crippen LogP contribution in [0.2, 0.25) is 0 Å². The lowest BCUT2D eigenvalue weighted by Crippen LogP contribution is -2.45. The van der Waals surface area contributed by atoms with Crippen molar-refractivity contribution < 1.29 is 4.79 Å². The minimum absolute atomic E-state index is 0.202. The van der Waals surface area contributed by atoms with Crippen LogP contribution in [-0.2, 0) is 4.79 Å². The van der Waals surface area contributed by atoms with Crippen LogP contribution in [0.1, 0.15) is 46.5 Å². The Hall–Kier alpha value is -0.570.